The lowest BCUT2D eigenvalue weighted by Gasteiger charge is -2.56. The summed E-state index contributed by atoms with van der Waals surface area (Å²) in [4.78, 5) is 31.2. The molecule has 2 aromatic rings. The van der Waals surface area contributed by atoms with Gasteiger partial charge in [-0.3, -0.25) is 14.5 Å². The first-order valence-corrected chi connectivity index (χ1v) is 15.2. The number of nitrogens with zero attached hydrogens (tertiary/aromatic N) is 4. The largest absolute Gasteiger partial charge is 0.335 e. The maximum Gasteiger partial charge on any atom is 0.246 e. The standard InChI is InChI=1S/C26H25Cl2F5N4O4S/c1-12(2)35-11-19-36(42(40,41)18-5-4-13(27)8-15(18)28)10-17(34-6-3-7-34)26(39)37(19)16(25(35)38)9-14-20(29)22(31)24(33)23(32)21(14)30/h4-5,8,12,16-17,19H,3,6-7,9-11H2,1-2H3. The zero-order chi connectivity index (χ0) is 30.8. The monoisotopic (exact) mass is 654 g/mol. The molecule has 0 aliphatic carbocycles. The average molecular weight is 655 g/mol. The molecule has 3 saturated heterocycles. The number of carbonyl (C=O) groups is 2. The summed E-state index contributed by atoms with van der Waals surface area (Å²) in [7, 11) is -4.49. The first kappa shape index (κ1) is 30.9. The number of hydrogen-bond acceptors (Lipinski definition) is 5. The van der Waals surface area contributed by atoms with Crippen molar-refractivity contribution in [3.05, 3.63) is 62.9 Å². The van der Waals surface area contributed by atoms with Gasteiger partial charge in [0.1, 0.15) is 23.1 Å². The predicted molar refractivity (Wildman–Crippen MR) is 142 cm³/mol. The van der Waals surface area contributed by atoms with Gasteiger partial charge in [0.15, 0.2) is 23.3 Å². The minimum Gasteiger partial charge on any atom is -0.335 e. The van der Waals surface area contributed by atoms with E-state index in [2.05, 4.69) is 0 Å². The molecule has 42 heavy (non-hydrogen) atoms. The molecule has 3 aliphatic heterocycles. The van der Waals surface area contributed by atoms with Crippen LogP contribution < -0.4 is 0 Å². The van der Waals surface area contributed by atoms with E-state index in [1.54, 1.807) is 18.7 Å². The molecule has 2 amide bonds. The van der Waals surface area contributed by atoms with Crippen LogP contribution in [0.5, 0.6) is 0 Å². The van der Waals surface area contributed by atoms with Crippen molar-refractivity contribution in [3.63, 3.8) is 0 Å². The summed E-state index contributed by atoms with van der Waals surface area (Å²) in [6.07, 6.45) is -1.74. The number of hydrogen-bond donors (Lipinski definition) is 0. The normalized spacial score (nSPS) is 23.9. The summed E-state index contributed by atoms with van der Waals surface area (Å²) in [5, 5.41) is -0.0259. The van der Waals surface area contributed by atoms with Gasteiger partial charge in [-0.15, -0.1) is 0 Å². The minimum absolute atomic E-state index is 0.171. The SMILES string of the molecule is CC(C)N1CC2N(C(=O)C(N3CCC3)CN2S(=O)(=O)c2ccc(Cl)cc2Cl)C(Cc2c(F)c(F)c(F)c(F)c2F)C1=O. The highest BCUT2D eigenvalue weighted by Gasteiger charge is 2.56. The van der Waals surface area contributed by atoms with E-state index in [9.17, 15) is 40.0 Å². The third-order valence-electron chi connectivity index (χ3n) is 7.94. The second kappa shape index (κ2) is 11.2. The summed E-state index contributed by atoms with van der Waals surface area (Å²) in [5.41, 5.74) is -1.29. The quantitative estimate of drug-likeness (QED) is 0.269. The molecular weight excluding hydrogens is 630 g/mol. The molecule has 0 N–H and O–H groups in total. The molecule has 228 valence electrons. The Bertz CT molecular complexity index is 1550. The van der Waals surface area contributed by atoms with Gasteiger partial charge in [-0.1, -0.05) is 23.2 Å². The molecular formula is C26H25Cl2F5N4O4S. The molecule has 3 fully saturated rings. The van der Waals surface area contributed by atoms with Crippen molar-refractivity contribution in [1.82, 2.24) is 19.0 Å². The maximum absolute atomic E-state index is 14.8. The van der Waals surface area contributed by atoms with Crippen LogP contribution in [0.2, 0.25) is 10.0 Å². The van der Waals surface area contributed by atoms with Gasteiger partial charge in [0.2, 0.25) is 27.7 Å². The van der Waals surface area contributed by atoms with Crippen molar-refractivity contribution in [2.75, 3.05) is 26.2 Å². The third kappa shape index (κ3) is 4.94. The van der Waals surface area contributed by atoms with Gasteiger partial charge in [-0.2, -0.15) is 4.31 Å². The summed E-state index contributed by atoms with van der Waals surface area (Å²) < 4.78 is 101. The van der Waals surface area contributed by atoms with Gasteiger partial charge in [-0.05, 0) is 38.5 Å². The molecule has 0 spiro atoms. The fraction of sp³-hybridized carbons (Fsp3) is 0.462. The van der Waals surface area contributed by atoms with E-state index in [-0.39, 0.29) is 28.0 Å². The average Bonchev–Trinajstić information content (AvgIpc) is 2.89. The molecule has 5 rings (SSSR count). The molecule has 3 unspecified atom stereocenters. The zero-order valence-corrected chi connectivity index (χ0v) is 24.6. The Morgan fingerprint density at radius 2 is 1.50 bits per heavy atom. The lowest BCUT2D eigenvalue weighted by molar-refractivity contribution is -0.173. The Morgan fingerprint density at radius 3 is 2.02 bits per heavy atom. The smallest absolute Gasteiger partial charge is 0.246 e. The number of fused-ring (bicyclic) bond motifs is 1. The Hall–Kier alpha value is -2.52. The van der Waals surface area contributed by atoms with E-state index in [1.807, 2.05) is 0 Å². The molecule has 0 radical (unpaired) electrons. The number of halogens is 7. The topological polar surface area (TPSA) is 81.2 Å². The molecule has 2 aromatic carbocycles. The van der Waals surface area contributed by atoms with Gasteiger partial charge < -0.3 is 9.80 Å². The number of likely N-dealkylation sites (tertiary alicyclic amines) is 1. The van der Waals surface area contributed by atoms with E-state index >= 15 is 0 Å². The van der Waals surface area contributed by atoms with E-state index < -0.39 is 87.2 Å². The number of rotatable bonds is 6. The maximum atomic E-state index is 14.8. The fourth-order valence-electron chi connectivity index (χ4n) is 5.61. The van der Waals surface area contributed by atoms with Crippen LogP contribution in [0.15, 0.2) is 23.1 Å². The van der Waals surface area contributed by atoms with E-state index in [4.69, 9.17) is 23.2 Å². The van der Waals surface area contributed by atoms with Gasteiger partial charge in [0.05, 0.1) is 11.6 Å². The van der Waals surface area contributed by atoms with Crippen LogP contribution in [0, 0.1) is 29.1 Å². The highest BCUT2D eigenvalue weighted by atomic mass is 35.5. The number of amides is 2. The van der Waals surface area contributed by atoms with E-state index in [0.29, 0.717) is 13.1 Å². The van der Waals surface area contributed by atoms with Crippen LogP contribution >= 0.6 is 23.2 Å². The van der Waals surface area contributed by atoms with Crippen LogP contribution in [0.4, 0.5) is 22.0 Å². The fourth-order valence-corrected chi connectivity index (χ4v) is 7.94. The predicted octanol–water partition coefficient (Wildman–Crippen LogP) is 3.78. The first-order valence-electron chi connectivity index (χ1n) is 13.0. The lowest BCUT2D eigenvalue weighted by atomic mass is 9.94. The van der Waals surface area contributed by atoms with E-state index in [0.717, 1.165) is 15.6 Å². The Balaban J connectivity index is 1.67. The number of sulfonamides is 1. The minimum atomic E-state index is -4.49. The van der Waals surface area contributed by atoms with E-state index in [1.165, 1.54) is 23.1 Å². The van der Waals surface area contributed by atoms with Gasteiger partial charge >= 0.3 is 0 Å². The van der Waals surface area contributed by atoms with Crippen LogP contribution in [-0.4, -0.2) is 89.7 Å². The van der Waals surface area contributed by atoms with Crippen LogP contribution in [-0.2, 0) is 26.0 Å². The van der Waals surface area contributed by atoms with Crippen molar-refractivity contribution in [3.8, 4) is 0 Å². The summed E-state index contributed by atoms with van der Waals surface area (Å²) >= 11 is 12.2. The molecule has 0 bridgehead atoms. The van der Waals surface area contributed by atoms with Crippen molar-refractivity contribution in [2.45, 2.75) is 55.9 Å². The van der Waals surface area contributed by atoms with Gasteiger partial charge in [-0.25, -0.2) is 30.4 Å². The zero-order valence-electron chi connectivity index (χ0n) is 22.3. The van der Waals surface area contributed by atoms with Crippen molar-refractivity contribution < 1.29 is 40.0 Å². The molecule has 3 aliphatic rings. The van der Waals surface area contributed by atoms with Crippen LogP contribution in [0.3, 0.4) is 0 Å². The molecule has 16 heteroatoms. The molecule has 0 aromatic heterocycles. The molecule has 0 saturated carbocycles. The second-order valence-electron chi connectivity index (χ2n) is 10.6. The third-order valence-corrected chi connectivity index (χ3v) is 10.5. The van der Waals surface area contributed by atoms with Gasteiger partial charge in [0, 0.05) is 42.7 Å². The van der Waals surface area contributed by atoms with Gasteiger partial charge in [0.25, 0.3) is 0 Å². The summed E-state index contributed by atoms with van der Waals surface area (Å²) in [6, 6.07) is 0.302. The van der Waals surface area contributed by atoms with Crippen molar-refractivity contribution >= 4 is 45.0 Å². The Labute approximate surface area is 248 Å². The highest BCUT2D eigenvalue weighted by Crippen LogP contribution is 2.37. The van der Waals surface area contributed by atoms with Crippen molar-refractivity contribution in [2.24, 2.45) is 0 Å². The summed E-state index contributed by atoms with van der Waals surface area (Å²) in [5.74, 6) is -12.6. The molecule has 3 atom stereocenters. The molecule has 3 heterocycles. The van der Waals surface area contributed by atoms with Crippen LogP contribution in [0.1, 0.15) is 25.8 Å². The first-order chi connectivity index (χ1) is 19.7. The van der Waals surface area contributed by atoms with Crippen LogP contribution in [0.25, 0.3) is 0 Å². The lowest BCUT2D eigenvalue weighted by Crippen LogP contribution is -2.77. The number of piperazine rings is 1. The molecule has 8 nitrogen and oxygen atoms in total. The van der Waals surface area contributed by atoms with Crippen molar-refractivity contribution in [1.29, 1.82) is 0 Å². The summed E-state index contributed by atoms with van der Waals surface area (Å²) in [6.45, 7) is 3.46. The number of benzene rings is 2. The Kier molecular flexibility index (Phi) is 8.24. The number of carbonyl (C=O) groups excluding carboxylic acids is 2. The Morgan fingerprint density at radius 1 is 0.905 bits per heavy atom. The second-order valence-corrected chi connectivity index (χ2v) is 13.3. The highest BCUT2D eigenvalue weighted by molar-refractivity contribution is 7.89.